The van der Waals surface area contributed by atoms with E-state index in [2.05, 4.69) is 33.1 Å². The van der Waals surface area contributed by atoms with E-state index in [0.29, 0.717) is 0 Å². The summed E-state index contributed by atoms with van der Waals surface area (Å²) in [5.74, 6) is -0.475. The van der Waals surface area contributed by atoms with E-state index >= 15 is 0 Å². The summed E-state index contributed by atoms with van der Waals surface area (Å²) in [5, 5.41) is 9.99. The Kier molecular flexibility index (Phi) is 6.28. The van der Waals surface area contributed by atoms with Crippen molar-refractivity contribution in [3.63, 3.8) is 0 Å². The second kappa shape index (κ2) is 6.74. The molecule has 3 heteroatoms. The third kappa shape index (κ3) is 4.70. The highest BCUT2D eigenvalue weighted by Crippen LogP contribution is 2.28. The number of aliphatic hydroxyl groups excluding tert-OH is 1. The number of hydrogen-bond donors (Lipinski definition) is 1. The molecule has 3 nitrogen and oxygen atoms in total. The van der Waals surface area contributed by atoms with Crippen LogP contribution in [-0.2, 0) is 9.53 Å². The standard InChI is InChI=1S/C16H26O3/c1-8-13(17)16(7,14(18)19-9-2)11-10-12(3)15(4,5)6/h8,11,13,17H,1,9H2,2-7H3. The van der Waals surface area contributed by atoms with Crippen molar-refractivity contribution in [1.29, 1.82) is 0 Å². The van der Waals surface area contributed by atoms with Crippen LogP contribution >= 0.6 is 0 Å². The number of esters is 1. The predicted octanol–water partition coefficient (Wildman–Crippen LogP) is 3.25. The second-order valence-electron chi connectivity index (χ2n) is 5.85. The quantitative estimate of drug-likeness (QED) is 0.472. The zero-order chi connectivity index (χ0) is 15.3. The summed E-state index contributed by atoms with van der Waals surface area (Å²) in [6, 6.07) is 0. The van der Waals surface area contributed by atoms with Crippen molar-refractivity contribution in [2.45, 2.75) is 47.6 Å². The van der Waals surface area contributed by atoms with Crippen molar-refractivity contribution < 1.29 is 14.6 Å². The molecule has 2 atom stereocenters. The van der Waals surface area contributed by atoms with Crippen molar-refractivity contribution in [2.24, 2.45) is 10.8 Å². The van der Waals surface area contributed by atoms with Gasteiger partial charge in [-0.3, -0.25) is 4.79 Å². The number of rotatable bonds is 5. The van der Waals surface area contributed by atoms with Gasteiger partial charge in [0.05, 0.1) is 12.7 Å². The molecule has 0 aliphatic carbocycles. The first-order valence-electron chi connectivity index (χ1n) is 6.52. The van der Waals surface area contributed by atoms with Crippen LogP contribution in [0.25, 0.3) is 0 Å². The van der Waals surface area contributed by atoms with Crippen molar-refractivity contribution in [3.05, 3.63) is 30.0 Å². The Hall–Kier alpha value is -1.31. The molecule has 0 saturated heterocycles. The summed E-state index contributed by atoms with van der Waals surface area (Å²) in [4.78, 5) is 12.0. The molecule has 0 radical (unpaired) electrons. The van der Waals surface area contributed by atoms with Gasteiger partial charge in [-0.05, 0) is 37.8 Å². The number of carbonyl (C=O) groups is 1. The van der Waals surface area contributed by atoms with Crippen molar-refractivity contribution in [1.82, 2.24) is 0 Å². The maximum atomic E-state index is 12.0. The SMILES string of the molecule is C=CC(O)C(C)(C=C=C(C)C(C)(C)C)C(=O)OCC. The van der Waals surface area contributed by atoms with Crippen LogP contribution in [0.3, 0.4) is 0 Å². The summed E-state index contributed by atoms with van der Waals surface area (Å²) >= 11 is 0. The minimum absolute atomic E-state index is 0.0365. The van der Waals surface area contributed by atoms with Crippen molar-refractivity contribution >= 4 is 5.97 Å². The van der Waals surface area contributed by atoms with Crippen LogP contribution in [-0.4, -0.2) is 23.8 Å². The van der Waals surface area contributed by atoms with Crippen molar-refractivity contribution in [3.8, 4) is 0 Å². The van der Waals surface area contributed by atoms with Gasteiger partial charge < -0.3 is 9.84 Å². The minimum atomic E-state index is -1.16. The lowest BCUT2D eigenvalue weighted by molar-refractivity contribution is -0.155. The molecule has 0 rings (SSSR count). The van der Waals surface area contributed by atoms with Gasteiger partial charge >= 0.3 is 5.97 Å². The van der Waals surface area contributed by atoms with E-state index in [1.807, 2.05) is 6.92 Å². The second-order valence-corrected chi connectivity index (χ2v) is 5.85. The van der Waals surface area contributed by atoms with Gasteiger partial charge in [0.1, 0.15) is 5.41 Å². The third-order valence-electron chi connectivity index (χ3n) is 3.27. The number of carbonyl (C=O) groups excluding carboxylic acids is 1. The first kappa shape index (κ1) is 17.7. The van der Waals surface area contributed by atoms with Gasteiger partial charge in [0, 0.05) is 0 Å². The molecular weight excluding hydrogens is 240 g/mol. The highest BCUT2D eigenvalue weighted by molar-refractivity contribution is 5.79. The summed E-state index contributed by atoms with van der Waals surface area (Å²) in [6.07, 6.45) is 1.91. The van der Waals surface area contributed by atoms with Crippen LogP contribution in [0.1, 0.15) is 41.5 Å². The maximum absolute atomic E-state index is 12.0. The molecule has 0 bridgehead atoms. The molecule has 0 fully saturated rings. The van der Waals surface area contributed by atoms with E-state index in [4.69, 9.17) is 4.74 Å². The Balaban J connectivity index is 5.59. The first-order valence-corrected chi connectivity index (χ1v) is 6.52. The van der Waals surface area contributed by atoms with E-state index in [1.165, 1.54) is 6.08 Å². The Morgan fingerprint density at radius 1 is 1.42 bits per heavy atom. The van der Waals surface area contributed by atoms with Gasteiger partial charge in [0.2, 0.25) is 0 Å². The average Bonchev–Trinajstić information content (AvgIpc) is 2.33. The van der Waals surface area contributed by atoms with Crippen LogP contribution in [0.4, 0.5) is 0 Å². The van der Waals surface area contributed by atoms with Gasteiger partial charge in [-0.2, -0.15) is 0 Å². The largest absolute Gasteiger partial charge is 0.465 e. The molecular formula is C16H26O3. The average molecular weight is 266 g/mol. The molecule has 0 spiro atoms. The lowest BCUT2D eigenvalue weighted by Crippen LogP contribution is -2.38. The zero-order valence-corrected chi connectivity index (χ0v) is 12.9. The fourth-order valence-corrected chi connectivity index (χ4v) is 1.27. The topological polar surface area (TPSA) is 46.5 Å². The third-order valence-corrected chi connectivity index (χ3v) is 3.27. The van der Waals surface area contributed by atoms with Crippen LogP contribution in [0.2, 0.25) is 0 Å². The van der Waals surface area contributed by atoms with Gasteiger partial charge in [-0.25, -0.2) is 0 Å². The fraction of sp³-hybridized carbons (Fsp3) is 0.625. The van der Waals surface area contributed by atoms with E-state index in [1.54, 1.807) is 19.9 Å². The van der Waals surface area contributed by atoms with Gasteiger partial charge in [-0.1, -0.05) is 26.8 Å². The Morgan fingerprint density at radius 2 is 1.95 bits per heavy atom. The van der Waals surface area contributed by atoms with Crippen LogP contribution in [0.5, 0.6) is 0 Å². The minimum Gasteiger partial charge on any atom is -0.465 e. The van der Waals surface area contributed by atoms with E-state index in [0.717, 1.165) is 5.57 Å². The highest BCUT2D eigenvalue weighted by Gasteiger charge is 2.38. The number of aliphatic hydroxyl groups is 1. The van der Waals surface area contributed by atoms with Gasteiger partial charge in [0.15, 0.2) is 0 Å². The number of ether oxygens (including phenoxy) is 1. The van der Waals surface area contributed by atoms with Crippen LogP contribution in [0, 0.1) is 10.8 Å². The summed E-state index contributed by atoms with van der Waals surface area (Å²) in [6.45, 7) is 15.3. The van der Waals surface area contributed by atoms with E-state index in [9.17, 15) is 9.90 Å². The highest BCUT2D eigenvalue weighted by atomic mass is 16.5. The monoisotopic (exact) mass is 266 g/mol. The molecule has 0 aromatic carbocycles. The summed E-state index contributed by atoms with van der Waals surface area (Å²) in [7, 11) is 0. The first-order chi connectivity index (χ1) is 8.59. The Labute approximate surface area is 116 Å². The molecule has 0 amide bonds. The summed E-state index contributed by atoms with van der Waals surface area (Å²) < 4.78 is 5.02. The Morgan fingerprint density at radius 3 is 2.32 bits per heavy atom. The molecule has 108 valence electrons. The fourth-order valence-electron chi connectivity index (χ4n) is 1.27. The Bertz CT molecular complexity index is 395. The van der Waals surface area contributed by atoms with Gasteiger partial charge in [0.25, 0.3) is 0 Å². The van der Waals surface area contributed by atoms with E-state index < -0.39 is 17.5 Å². The summed E-state index contributed by atoms with van der Waals surface area (Å²) in [5.41, 5.74) is 2.90. The smallest absolute Gasteiger partial charge is 0.319 e. The van der Waals surface area contributed by atoms with Crippen LogP contribution < -0.4 is 0 Å². The lowest BCUT2D eigenvalue weighted by Gasteiger charge is -2.26. The molecule has 0 saturated carbocycles. The maximum Gasteiger partial charge on any atom is 0.319 e. The van der Waals surface area contributed by atoms with Crippen LogP contribution in [0.15, 0.2) is 30.0 Å². The number of hydrogen-bond acceptors (Lipinski definition) is 3. The molecule has 1 N–H and O–H groups in total. The lowest BCUT2D eigenvalue weighted by atomic mass is 9.82. The molecule has 0 aliphatic rings. The van der Waals surface area contributed by atoms with E-state index in [-0.39, 0.29) is 12.0 Å². The molecule has 2 unspecified atom stereocenters. The molecule has 0 aromatic heterocycles. The molecule has 0 heterocycles. The molecule has 0 aromatic rings. The van der Waals surface area contributed by atoms with Gasteiger partial charge in [-0.15, -0.1) is 12.3 Å². The normalized spacial score (nSPS) is 15.7. The zero-order valence-electron chi connectivity index (χ0n) is 12.9. The molecule has 19 heavy (non-hydrogen) atoms. The predicted molar refractivity (Wildman–Crippen MR) is 77.7 cm³/mol. The van der Waals surface area contributed by atoms with Crippen molar-refractivity contribution in [2.75, 3.05) is 6.61 Å². The molecule has 0 aliphatic heterocycles.